The number of hydrogen-bond donors (Lipinski definition) is 3. The normalized spacial score (nSPS) is 27.7. The lowest BCUT2D eigenvalue weighted by atomic mass is 9.99. The lowest BCUT2D eigenvalue weighted by Crippen LogP contribution is -2.46. The molecule has 1 saturated carbocycles. The zero-order valence-corrected chi connectivity index (χ0v) is 9.74. The molecule has 4 N–H and O–H groups in total. The Labute approximate surface area is 96.8 Å². The maximum Gasteiger partial charge on any atom is 0.240 e. The fourth-order valence-electron chi connectivity index (χ4n) is 1.87. The molecule has 15 heavy (non-hydrogen) atoms. The highest BCUT2D eigenvalue weighted by atomic mass is 35.5. The molecular weight excluding hydrogens is 214 g/mol. The third-order valence-corrected chi connectivity index (χ3v) is 3.19. The molecule has 2 aliphatic rings. The van der Waals surface area contributed by atoms with Crippen LogP contribution in [0.3, 0.4) is 0 Å². The molecule has 0 aromatic rings. The third-order valence-electron chi connectivity index (χ3n) is 3.19. The number of carbonyl (C=O) groups is 1. The van der Waals surface area contributed by atoms with Gasteiger partial charge in [-0.15, -0.1) is 12.4 Å². The Kier molecular flexibility index (Phi) is 4.37. The van der Waals surface area contributed by atoms with Crippen molar-refractivity contribution in [2.75, 3.05) is 19.6 Å². The Morgan fingerprint density at radius 2 is 2.27 bits per heavy atom. The molecule has 1 unspecified atom stereocenters. The van der Waals surface area contributed by atoms with Crippen molar-refractivity contribution in [3.63, 3.8) is 0 Å². The van der Waals surface area contributed by atoms with Crippen molar-refractivity contribution in [2.24, 2.45) is 11.7 Å². The van der Waals surface area contributed by atoms with Crippen LogP contribution in [0.25, 0.3) is 0 Å². The van der Waals surface area contributed by atoms with Crippen LogP contribution in [0.5, 0.6) is 0 Å². The van der Waals surface area contributed by atoms with Crippen molar-refractivity contribution in [3.8, 4) is 0 Å². The van der Waals surface area contributed by atoms with E-state index in [2.05, 4.69) is 10.6 Å². The van der Waals surface area contributed by atoms with Gasteiger partial charge in [-0.25, -0.2) is 0 Å². The van der Waals surface area contributed by atoms with E-state index in [4.69, 9.17) is 5.73 Å². The monoisotopic (exact) mass is 233 g/mol. The summed E-state index contributed by atoms with van der Waals surface area (Å²) in [6.45, 7) is 2.92. The predicted octanol–water partition coefficient (Wildman–Crippen LogP) is 0.0153. The second-order valence-electron chi connectivity index (χ2n) is 4.58. The van der Waals surface area contributed by atoms with Crippen LogP contribution in [0.15, 0.2) is 0 Å². The maximum atomic E-state index is 11.5. The highest BCUT2D eigenvalue weighted by molar-refractivity contribution is 5.88. The Hall–Kier alpha value is -0.320. The van der Waals surface area contributed by atoms with Crippen LogP contribution >= 0.6 is 12.4 Å². The lowest BCUT2D eigenvalue weighted by molar-refractivity contribution is -0.123. The van der Waals surface area contributed by atoms with E-state index >= 15 is 0 Å². The van der Waals surface area contributed by atoms with Gasteiger partial charge < -0.3 is 16.4 Å². The average Bonchev–Trinajstić information content (AvgIpc) is 2.96. The largest absolute Gasteiger partial charge is 0.354 e. The molecule has 1 atom stereocenters. The molecule has 1 amide bonds. The Bertz CT molecular complexity index is 225. The molecule has 1 saturated heterocycles. The van der Waals surface area contributed by atoms with Gasteiger partial charge >= 0.3 is 0 Å². The number of carbonyl (C=O) groups excluding carboxylic acids is 1. The molecule has 88 valence electrons. The summed E-state index contributed by atoms with van der Waals surface area (Å²) in [5.41, 5.74) is 5.27. The molecule has 0 spiro atoms. The van der Waals surface area contributed by atoms with E-state index in [9.17, 15) is 4.79 Å². The van der Waals surface area contributed by atoms with E-state index in [1.807, 2.05) is 0 Å². The summed E-state index contributed by atoms with van der Waals surface area (Å²) in [6.07, 6.45) is 4.13. The predicted molar refractivity (Wildman–Crippen MR) is 62.0 cm³/mol. The number of rotatable bonds is 3. The highest BCUT2D eigenvalue weighted by Gasteiger charge is 2.45. The average molecular weight is 234 g/mol. The molecule has 2 fully saturated rings. The van der Waals surface area contributed by atoms with Crippen LogP contribution in [-0.2, 0) is 4.79 Å². The van der Waals surface area contributed by atoms with Crippen LogP contribution in [0.4, 0.5) is 0 Å². The van der Waals surface area contributed by atoms with Crippen LogP contribution in [0.2, 0.25) is 0 Å². The summed E-state index contributed by atoms with van der Waals surface area (Å²) in [6, 6.07) is 0. The van der Waals surface area contributed by atoms with Gasteiger partial charge in [0.15, 0.2) is 0 Å². The van der Waals surface area contributed by atoms with Crippen LogP contribution < -0.4 is 16.4 Å². The molecule has 0 aromatic carbocycles. The molecule has 1 aliphatic heterocycles. The summed E-state index contributed by atoms with van der Waals surface area (Å²) >= 11 is 0. The Morgan fingerprint density at radius 3 is 2.80 bits per heavy atom. The summed E-state index contributed by atoms with van der Waals surface area (Å²) in [5.74, 6) is 0.637. The molecule has 0 radical (unpaired) electrons. The summed E-state index contributed by atoms with van der Waals surface area (Å²) in [5, 5.41) is 6.28. The van der Waals surface area contributed by atoms with Crippen molar-refractivity contribution < 1.29 is 4.79 Å². The van der Waals surface area contributed by atoms with Gasteiger partial charge in [0, 0.05) is 6.54 Å². The van der Waals surface area contributed by atoms with Crippen LogP contribution in [-0.4, -0.2) is 31.1 Å². The van der Waals surface area contributed by atoms with Crippen LogP contribution in [0, 0.1) is 5.92 Å². The minimum atomic E-state index is -0.512. The van der Waals surface area contributed by atoms with Crippen molar-refractivity contribution >= 4 is 18.3 Å². The topological polar surface area (TPSA) is 67.2 Å². The van der Waals surface area contributed by atoms with Crippen molar-refractivity contribution in [1.82, 2.24) is 10.6 Å². The molecule has 4 nitrogen and oxygen atoms in total. The van der Waals surface area contributed by atoms with Crippen molar-refractivity contribution in [2.45, 2.75) is 31.2 Å². The zero-order chi connectivity index (χ0) is 10.0. The smallest absolute Gasteiger partial charge is 0.240 e. The van der Waals surface area contributed by atoms with Crippen molar-refractivity contribution in [3.05, 3.63) is 0 Å². The van der Waals surface area contributed by atoms with Gasteiger partial charge in [0.1, 0.15) is 0 Å². The van der Waals surface area contributed by atoms with E-state index in [0.29, 0.717) is 5.92 Å². The standard InChI is InChI=1S/C10H19N3O.ClH/c11-10(3-4-10)9(14)13-7-8-2-1-5-12-6-8;/h8,12H,1-7,11H2,(H,13,14);1H. The van der Waals surface area contributed by atoms with E-state index in [1.54, 1.807) is 0 Å². The van der Waals surface area contributed by atoms with E-state index in [-0.39, 0.29) is 18.3 Å². The highest BCUT2D eigenvalue weighted by Crippen LogP contribution is 2.32. The number of amides is 1. The molecule has 5 heteroatoms. The molecular formula is C10H20ClN3O. The molecule has 1 aliphatic carbocycles. The quantitative estimate of drug-likeness (QED) is 0.644. The van der Waals surface area contributed by atoms with E-state index in [0.717, 1.165) is 32.5 Å². The molecule has 1 heterocycles. The Morgan fingerprint density at radius 1 is 1.53 bits per heavy atom. The zero-order valence-electron chi connectivity index (χ0n) is 8.92. The maximum absolute atomic E-state index is 11.5. The minimum Gasteiger partial charge on any atom is -0.354 e. The van der Waals surface area contributed by atoms with E-state index in [1.165, 1.54) is 12.8 Å². The van der Waals surface area contributed by atoms with Crippen molar-refractivity contribution in [1.29, 1.82) is 0 Å². The number of nitrogens with one attached hydrogen (secondary N) is 2. The van der Waals surface area contributed by atoms with Gasteiger partial charge in [-0.2, -0.15) is 0 Å². The number of nitrogens with two attached hydrogens (primary N) is 1. The van der Waals surface area contributed by atoms with Gasteiger partial charge in [0.05, 0.1) is 5.54 Å². The fourth-order valence-corrected chi connectivity index (χ4v) is 1.87. The lowest BCUT2D eigenvalue weighted by Gasteiger charge is -2.23. The van der Waals surface area contributed by atoms with Gasteiger partial charge in [-0.3, -0.25) is 4.79 Å². The first kappa shape index (κ1) is 12.7. The number of halogens is 1. The first-order valence-corrected chi connectivity index (χ1v) is 5.49. The summed E-state index contributed by atoms with van der Waals surface area (Å²) < 4.78 is 0. The third kappa shape index (κ3) is 3.33. The van der Waals surface area contributed by atoms with Crippen LogP contribution in [0.1, 0.15) is 25.7 Å². The van der Waals surface area contributed by atoms with Gasteiger partial charge in [0.2, 0.25) is 5.91 Å². The van der Waals surface area contributed by atoms with E-state index < -0.39 is 5.54 Å². The molecule has 0 bridgehead atoms. The first-order chi connectivity index (χ1) is 6.71. The van der Waals surface area contributed by atoms with Gasteiger partial charge in [-0.1, -0.05) is 0 Å². The molecule has 0 aromatic heterocycles. The number of hydrogen-bond acceptors (Lipinski definition) is 3. The Balaban J connectivity index is 0.00000112. The second kappa shape index (κ2) is 5.14. The second-order valence-corrected chi connectivity index (χ2v) is 4.58. The summed E-state index contributed by atoms with van der Waals surface area (Å²) in [7, 11) is 0. The van der Waals surface area contributed by atoms with Gasteiger partial charge in [-0.05, 0) is 44.7 Å². The molecule has 2 rings (SSSR count). The fraction of sp³-hybridized carbons (Fsp3) is 0.900. The summed E-state index contributed by atoms with van der Waals surface area (Å²) in [4.78, 5) is 11.5. The SMILES string of the molecule is Cl.NC1(C(=O)NCC2CCCNC2)CC1. The van der Waals surface area contributed by atoms with Gasteiger partial charge in [0.25, 0.3) is 0 Å². The number of piperidine rings is 1. The minimum absolute atomic E-state index is 0. The first-order valence-electron chi connectivity index (χ1n) is 5.49.